The van der Waals surface area contributed by atoms with Crippen LogP contribution in [0.4, 0.5) is 0 Å². The molecule has 1 N–H and O–H groups in total. The van der Waals surface area contributed by atoms with Gasteiger partial charge in [0.1, 0.15) is 5.01 Å². The molecule has 2 heterocycles. The lowest BCUT2D eigenvalue weighted by Gasteiger charge is -2.22. The molecule has 0 radical (unpaired) electrons. The van der Waals surface area contributed by atoms with E-state index < -0.39 is 0 Å². The molecule has 0 saturated carbocycles. The van der Waals surface area contributed by atoms with Crippen molar-refractivity contribution in [3.05, 3.63) is 16.1 Å². The molecule has 0 amide bonds. The highest BCUT2D eigenvalue weighted by Crippen LogP contribution is 2.28. The van der Waals surface area contributed by atoms with Gasteiger partial charge in [0.25, 0.3) is 0 Å². The fourth-order valence-electron chi connectivity index (χ4n) is 2.09. The third kappa shape index (κ3) is 3.27. The van der Waals surface area contributed by atoms with Gasteiger partial charge in [-0.25, -0.2) is 4.98 Å². The third-order valence-corrected chi connectivity index (χ3v) is 4.74. The van der Waals surface area contributed by atoms with Crippen LogP contribution in [0, 0.1) is 0 Å². The average Bonchev–Trinajstić information content (AvgIpc) is 2.85. The minimum atomic E-state index is 0.226. The van der Waals surface area contributed by atoms with E-state index in [0.717, 1.165) is 19.6 Å². The highest BCUT2D eigenvalue weighted by Gasteiger charge is 2.21. The van der Waals surface area contributed by atoms with Crippen molar-refractivity contribution in [2.75, 3.05) is 20.1 Å². The van der Waals surface area contributed by atoms with E-state index in [2.05, 4.69) is 43.0 Å². The van der Waals surface area contributed by atoms with Gasteiger partial charge in [-0.15, -0.1) is 11.3 Å². The maximum atomic E-state index is 4.55. The van der Waals surface area contributed by atoms with E-state index in [1.54, 1.807) is 0 Å². The Labute approximate surface area is 108 Å². The van der Waals surface area contributed by atoms with E-state index in [-0.39, 0.29) is 5.41 Å². The van der Waals surface area contributed by atoms with Crippen molar-refractivity contribution in [2.24, 2.45) is 0 Å². The molecule has 17 heavy (non-hydrogen) atoms. The summed E-state index contributed by atoms with van der Waals surface area (Å²) >= 11 is 1.85. The molecule has 0 aliphatic carbocycles. The third-order valence-electron chi connectivity index (χ3n) is 3.34. The zero-order chi connectivity index (χ0) is 12.5. The van der Waals surface area contributed by atoms with Crippen molar-refractivity contribution in [3.8, 4) is 0 Å². The number of nitrogens with zero attached hydrogens (tertiary/aromatic N) is 2. The van der Waals surface area contributed by atoms with Gasteiger partial charge in [-0.3, -0.25) is 4.90 Å². The van der Waals surface area contributed by atoms with E-state index >= 15 is 0 Å². The molecular formula is C13H23N3S. The summed E-state index contributed by atoms with van der Waals surface area (Å²) in [5.74, 6) is 0. The highest BCUT2D eigenvalue weighted by atomic mass is 32.1. The van der Waals surface area contributed by atoms with E-state index in [4.69, 9.17) is 0 Å². The number of hydrogen-bond acceptors (Lipinski definition) is 4. The van der Waals surface area contributed by atoms with Gasteiger partial charge < -0.3 is 5.32 Å². The molecule has 1 unspecified atom stereocenters. The van der Waals surface area contributed by atoms with Gasteiger partial charge in [-0.2, -0.15) is 0 Å². The van der Waals surface area contributed by atoms with E-state index in [9.17, 15) is 0 Å². The smallest absolute Gasteiger partial charge is 0.107 e. The standard InChI is InChI=1S/C13H23N3S/c1-13(2,3)11-8-15-12(17-11)9-16(4)10-5-6-14-7-10/h8,10,14H,5-7,9H2,1-4H3. The molecule has 1 saturated heterocycles. The largest absolute Gasteiger partial charge is 0.315 e. The first-order valence-electron chi connectivity index (χ1n) is 6.33. The average molecular weight is 253 g/mol. The minimum absolute atomic E-state index is 0.226. The van der Waals surface area contributed by atoms with Gasteiger partial charge in [-0.05, 0) is 25.4 Å². The molecule has 96 valence electrons. The monoisotopic (exact) mass is 253 g/mol. The van der Waals surface area contributed by atoms with Gasteiger partial charge in [0, 0.05) is 23.7 Å². The lowest BCUT2D eigenvalue weighted by Crippen LogP contribution is -2.32. The number of thiazole rings is 1. The minimum Gasteiger partial charge on any atom is -0.315 e. The van der Waals surface area contributed by atoms with Crippen LogP contribution in [0.25, 0.3) is 0 Å². The van der Waals surface area contributed by atoms with Crippen LogP contribution in [0.3, 0.4) is 0 Å². The van der Waals surface area contributed by atoms with Crippen LogP contribution in [0.2, 0.25) is 0 Å². The SMILES string of the molecule is CN(Cc1ncc(C(C)(C)C)s1)C1CCNC1. The molecule has 4 heteroatoms. The van der Waals surface area contributed by atoms with Gasteiger partial charge in [0.05, 0.1) is 6.54 Å². The Morgan fingerprint density at radius 3 is 2.82 bits per heavy atom. The molecular weight excluding hydrogens is 230 g/mol. The van der Waals surface area contributed by atoms with Crippen LogP contribution in [0.1, 0.15) is 37.1 Å². The van der Waals surface area contributed by atoms with Crippen molar-refractivity contribution in [1.82, 2.24) is 15.2 Å². The van der Waals surface area contributed by atoms with Crippen LogP contribution in [0.5, 0.6) is 0 Å². The second-order valence-electron chi connectivity index (χ2n) is 5.93. The summed E-state index contributed by atoms with van der Waals surface area (Å²) in [6.07, 6.45) is 3.30. The summed E-state index contributed by atoms with van der Waals surface area (Å²) in [5, 5.41) is 4.65. The topological polar surface area (TPSA) is 28.2 Å². The van der Waals surface area contributed by atoms with Crippen LogP contribution in [-0.2, 0) is 12.0 Å². The van der Waals surface area contributed by atoms with Crippen LogP contribution in [-0.4, -0.2) is 36.1 Å². The second-order valence-corrected chi connectivity index (χ2v) is 7.05. The lowest BCUT2D eigenvalue weighted by atomic mass is 9.96. The molecule has 0 aromatic carbocycles. The van der Waals surface area contributed by atoms with E-state index in [1.807, 2.05) is 17.5 Å². The summed E-state index contributed by atoms with van der Waals surface area (Å²) in [6.45, 7) is 9.99. The first-order chi connectivity index (χ1) is 7.97. The zero-order valence-electron chi connectivity index (χ0n) is 11.3. The normalized spacial score (nSPS) is 21.4. The quantitative estimate of drug-likeness (QED) is 0.895. The van der Waals surface area contributed by atoms with Gasteiger partial charge in [0.2, 0.25) is 0 Å². The van der Waals surface area contributed by atoms with Crippen molar-refractivity contribution in [3.63, 3.8) is 0 Å². The van der Waals surface area contributed by atoms with Gasteiger partial charge >= 0.3 is 0 Å². The number of aromatic nitrogens is 1. The molecule has 2 rings (SSSR count). The summed E-state index contributed by atoms with van der Waals surface area (Å²) in [4.78, 5) is 8.35. The van der Waals surface area contributed by atoms with Crippen molar-refractivity contribution >= 4 is 11.3 Å². The molecule has 1 atom stereocenters. The summed E-state index contributed by atoms with van der Waals surface area (Å²) < 4.78 is 0. The number of likely N-dealkylation sites (N-methyl/N-ethyl adjacent to an activating group) is 1. The molecule has 1 aromatic rings. The maximum absolute atomic E-state index is 4.55. The van der Waals surface area contributed by atoms with Crippen molar-refractivity contribution in [1.29, 1.82) is 0 Å². The predicted molar refractivity (Wildman–Crippen MR) is 73.6 cm³/mol. The van der Waals surface area contributed by atoms with Crippen molar-refractivity contribution in [2.45, 2.75) is 45.2 Å². The molecule has 1 aliphatic heterocycles. The van der Waals surface area contributed by atoms with Crippen LogP contribution < -0.4 is 5.32 Å². The second kappa shape index (κ2) is 5.04. The van der Waals surface area contributed by atoms with Gasteiger partial charge in [0.15, 0.2) is 0 Å². The Bertz CT molecular complexity index is 361. The number of hydrogen-bond donors (Lipinski definition) is 1. The molecule has 0 bridgehead atoms. The first-order valence-corrected chi connectivity index (χ1v) is 7.14. The number of rotatable bonds is 3. The Balaban J connectivity index is 1.96. The Morgan fingerprint density at radius 2 is 2.29 bits per heavy atom. The molecule has 3 nitrogen and oxygen atoms in total. The lowest BCUT2D eigenvalue weighted by molar-refractivity contribution is 0.248. The molecule has 1 aromatic heterocycles. The van der Waals surface area contributed by atoms with Crippen LogP contribution in [0.15, 0.2) is 6.20 Å². The fraction of sp³-hybridized carbons (Fsp3) is 0.769. The Kier molecular flexibility index (Phi) is 3.85. The Morgan fingerprint density at radius 1 is 1.53 bits per heavy atom. The predicted octanol–water partition coefficient (Wildman–Crippen LogP) is 2.23. The summed E-state index contributed by atoms with van der Waals surface area (Å²) in [7, 11) is 2.20. The molecule has 1 aliphatic rings. The van der Waals surface area contributed by atoms with E-state index in [1.165, 1.54) is 16.3 Å². The summed E-state index contributed by atoms with van der Waals surface area (Å²) in [5.41, 5.74) is 0.226. The highest BCUT2D eigenvalue weighted by molar-refractivity contribution is 7.11. The van der Waals surface area contributed by atoms with E-state index in [0.29, 0.717) is 6.04 Å². The number of nitrogens with one attached hydrogen (secondary N) is 1. The molecule has 0 spiro atoms. The maximum Gasteiger partial charge on any atom is 0.107 e. The zero-order valence-corrected chi connectivity index (χ0v) is 12.1. The van der Waals surface area contributed by atoms with Crippen LogP contribution >= 0.6 is 11.3 Å². The summed E-state index contributed by atoms with van der Waals surface area (Å²) in [6, 6.07) is 0.678. The van der Waals surface area contributed by atoms with Crippen molar-refractivity contribution < 1.29 is 0 Å². The Hall–Kier alpha value is -0.450. The fourth-order valence-corrected chi connectivity index (χ4v) is 3.13. The van der Waals surface area contributed by atoms with Gasteiger partial charge in [-0.1, -0.05) is 20.8 Å². The molecule has 1 fully saturated rings. The first kappa shape index (κ1) is 13.0.